The summed E-state index contributed by atoms with van der Waals surface area (Å²) in [6, 6.07) is 19.9. The monoisotopic (exact) mass is 764 g/mol. The molecule has 8 rings (SSSR count). The maximum atomic E-state index is 15.0. The van der Waals surface area contributed by atoms with E-state index in [1.165, 1.54) is 29.2 Å². The summed E-state index contributed by atoms with van der Waals surface area (Å²) >= 11 is 6.07. The van der Waals surface area contributed by atoms with Crippen molar-refractivity contribution in [2.24, 2.45) is 29.1 Å². The number of benzene rings is 4. The molecule has 1 saturated carbocycles. The lowest BCUT2D eigenvalue weighted by Crippen LogP contribution is -2.48. The number of allylic oxidation sites excluding steroid dienone is 2. The minimum atomic E-state index is -1.46. The largest absolute Gasteiger partial charge is 0.505 e. The van der Waals surface area contributed by atoms with Crippen molar-refractivity contribution in [1.82, 2.24) is 0 Å². The zero-order valence-electron chi connectivity index (χ0n) is 30.0. The highest BCUT2D eigenvalue weighted by molar-refractivity contribution is 6.32. The number of rotatable bonds is 7. The zero-order valence-corrected chi connectivity index (χ0v) is 30.7. The summed E-state index contributed by atoms with van der Waals surface area (Å²) in [7, 11) is 3.16. The number of carbonyl (C=O) groups is 4. The summed E-state index contributed by atoms with van der Waals surface area (Å²) in [5, 5.41) is 9.79. The SMILES string of the molecule is COc1ccc(OC)c(C=Cc2ccc(N3C(=O)C4CC=C5C(CC6C(=O)N(c7ccc(F)c(Cl)c7)C(=O)C6(C)C5c5ccc(O)c(F)c5)C4C3=O)cc2)c1. The van der Waals surface area contributed by atoms with E-state index in [2.05, 4.69) is 0 Å². The maximum absolute atomic E-state index is 15.0. The van der Waals surface area contributed by atoms with E-state index in [-0.39, 0.29) is 29.5 Å². The van der Waals surface area contributed by atoms with Crippen LogP contribution in [0.5, 0.6) is 17.2 Å². The normalized spacial score (nSPS) is 25.9. The summed E-state index contributed by atoms with van der Waals surface area (Å²) in [5.74, 6) is -6.92. The van der Waals surface area contributed by atoms with Crippen LogP contribution in [0.1, 0.15) is 42.4 Å². The molecule has 0 aromatic heterocycles. The molecule has 0 bridgehead atoms. The van der Waals surface area contributed by atoms with Gasteiger partial charge in [0.1, 0.15) is 17.3 Å². The van der Waals surface area contributed by atoms with E-state index in [1.807, 2.05) is 30.4 Å². The Labute approximate surface area is 320 Å². The van der Waals surface area contributed by atoms with Crippen LogP contribution in [0.4, 0.5) is 20.2 Å². The second-order valence-corrected chi connectivity index (χ2v) is 14.9. The number of carbonyl (C=O) groups excluding carboxylic acids is 4. The topological polar surface area (TPSA) is 113 Å². The first-order chi connectivity index (χ1) is 26.4. The molecule has 2 aliphatic carbocycles. The molecule has 9 nitrogen and oxygen atoms in total. The molecule has 6 unspecified atom stereocenters. The Balaban J connectivity index is 1.14. The third kappa shape index (κ3) is 5.63. The molecule has 2 heterocycles. The number of halogens is 3. The van der Waals surface area contributed by atoms with Crippen molar-refractivity contribution >= 4 is 58.8 Å². The number of hydrogen-bond donors (Lipinski definition) is 1. The van der Waals surface area contributed by atoms with Crippen molar-refractivity contribution in [1.29, 1.82) is 0 Å². The summed E-state index contributed by atoms with van der Waals surface area (Å²) in [5.41, 5.74) is 1.62. The van der Waals surface area contributed by atoms with Crippen LogP contribution in [0.15, 0.2) is 90.5 Å². The number of phenolic OH excluding ortho intramolecular Hbond substituents is 1. The van der Waals surface area contributed by atoms with E-state index >= 15 is 4.39 Å². The lowest BCUT2D eigenvalue weighted by molar-refractivity contribution is -0.131. The molecule has 6 atom stereocenters. The minimum Gasteiger partial charge on any atom is -0.505 e. The number of imide groups is 2. The third-order valence-electron chi connectivity index (χ3n) is 11.8. The van der Waals surface area contributed by atoms with Gasteiger partial charge in [0.25, 0.3) is 0 Å². The number of aromatic hydroxyl groups is 1. The van der Waals surface area contributed by atoms with E-state index in [0.717, 1.165) is 28.2 Å². The lowest BCUT2D eigenvalue weighted by Gasteiger charge is -2.49. The van der Waals surface area contributed by atoms with Gasteiger partial charge in [0.2, 0.25) is 23.6 Å². The number of hydrogen-bond acceptors (Lipinski definition) is 7. The number of amides is 4. The predicted octanol–water partition coefficient (Wildman–Crippen LogP) is 7.95. The fourth-order valence-corrected chi connectivity index (χ4v) is 9.29. The van der Waals surface area contributed by atoms with E-state index in [0.29, 0.717) is 28.3 Å². The number of ether oxygens (including phenoxy) is 2. The standard InChI is InChI=1S/C43H35ClF2N2O7/c1-43-31(40(51)48(42(43)53)26-11-15-33(45)32(44)20-26)21-30-28(38(43)24-8-16-35(49)34(46)19-24)13-14-29-37(30)41(52)47(39(29)50)25-9-5-22(6-10-25)4-7-23-18-27(54-2)12-17-36(23)55-3/h4-13,15-20,29-31,37-38,49H,14,21H2,1-3H3. The van der Waals surface area contributed by atoms with E-state index in [9.17, 15) is 28.7 Å². The van der Waals surface area contributed by atoms with Crippen molar-refractivity contribution in [2.45, 2.75) is 25.7 Å². The molecule has 4 amide bonds. The Morgan fingerprint density at radius 1 is 0.800 bits per heavy atom. The van der Waals surface area contributed by atoms with Gasteiger partial charge in [0.15, 0.2) is 11.6 Å². The average molecular weight is 765 g/mol. The van der Waals surface area contributed by atoms with Gasteiger partial charge in [-0.25, -0.2) is 13.7 Å². The van der Waals surface area contributed by atoms with Crippen LogP contribution in [-0.4, -0.2) is 43.0 Å². The summed E-state index contributed by atoms with van der Waals surface area (Å²) in [6.07, 6.45) is 5.86. The molecule has 0 spiro atoms. The van der Waals surface area contributed by atoms with Gasteiger partial charge in [0.05, 0.1) is 53.8 Å². The second-order valence-electron chi connectivity index (χ2n) is 14.5. The van der Waals surface area contributed by atoms with Gasteiger partial charge in [-0.1, -0.05) is 53.6 Å². The first-order valence-corrected chi connectivity index (χ1v) is 18.1. The molecule has 2 saturated heterocycles. The zero-order chi connectivity index (χ0) is 38.9. The molecule has 4 aromatic rings. The van der Waals surface area contributed by atoms with Gasteiger partial charge < -0.3 is 14.6 Å². The molecule has 4 aromatic carbocycles. The van der Waals surface area contributed by atoms with Crippen molar-refractivity contribution < 1.29 is 42.5 Å². The first kappa shape index (κ1) is 36.2. The van der Waals surface area contributed by atoms with Crippen LogP contribution in [0.2, 0.25) is 5.02 Å². The predicted molar refractivity (Wildman–Crippen MR) is 202 cm³/mol. The van der Waals surface area contributed by atoms with Crippen LogP contribution in [0.25, 0.3) is 12.2 Å². The highest BCUT2D eigenvalue weighted by Crippen LogP contribution is 2.64. The van der Waals surface area contributed by atoms with Crippen LogP contribution in [0, 0.1) is 40.7 Å². The average Bonchev–Trinajstić information content (AvgIpc) is 3.55. The molecule has 0 radical (unpaired) electrons. The van der Waals surface area contributed by atoms with Crippen molar-refractivity contribution in [3.05, 3.63) is 124 Å². The molecule has 55 heavy (non-hydrogen) atoms. The summed E-state index contributed by atoms with van der Waals surface area (Å²) in [4.78, 5) is 59.6. The molecule has 2 aliphatic heterocycles. The Kier molecular flexibility index (Phi) is 8.87. The quantitative estimate of drug-likeness (QED) is 0.116. The van der Waals surface area contributed by atoms with Gasteiger partial charge in [-0.2, -0.15) is 0 Å². The molecule has 12 heteroatoms. The van der Waals surface area contributed by atoms with Gasteiger partial charge in [0, 0.05) is 11.5 Å². The van der Waals surface area contributed by atoms with Gasteiger partial charge in [-0.3, -0.25) is 24.1 Å². The van der Waals surface area contributed by atoms with Crippen molar-refractivity contribution in [3.63, 3.8) is 0 Å². The van der Waals surface area contributed by atoms with E-state index in [4.69, 9.17) is 21.1 Å². The number of anilines is 2. The van der Waals surface area contributed by atoms with Crippen LogP contribution in [-0.2, 0) is 19.2 Å². The third-order valence-corrected chi connectivity index (χ3v) is 12.1. The Morgan fingerprint density at radius 2 is 1.55 bits per heavy atom. The highest BCUT2D eigenvalue weighted by atomic mass is 35.5. The Bertz CT molecular complexity index is 2360. The summed E-state index contributed by atoms with van der Waals surface area (Å²) in [6.45, 7) is 1.65. The van der Waals surface area contributed by atoms with Crippen LogP contribution in [0.3, 0.4) is 0 Å². The number of fused-ring (bicyclic) bond motifs is 4. The lowest BCUT2D eigenvalue weighted by atomic mass is 9.51. The Morgan fingerprint density at radius 3 is 2.24 bits per heavy atom. The number of nitrogens with zero attached hydrogens (tertiary/aromatic N) is 2. The van der Waals surface area contributed by atoms with Gasteiger partial charge >= 0.3 is 0 Å². The van der Waals surface area contributed by atoms with E-state index < -0.39 is 70.1 Å². The molecule has 3 fully saturated rings. The van der Waals surface area contributed by atoms with Gasteiger partial charge in [-0.05, 0) is 97.5 Å². The molecular formula is C43H35ClF2N2O7. The van der Waals surface area contributed by atoms with Crippen molar-refractivity contribution in [2.75, 3.05) is 24.0 Å². The van der Waals surface area contributed by atoms with Crippen molar-refractivity contribution in [3.8, 4) is 17.2 Å². The first-order valence-electron chi connectivity index (χ1n) is 17.8. The molecule has 280 valence electrons. The fraction of sp³-hybridized carbons (Fsp3) is 0.256. The smallest absolute Gasteiger partial charge is 0.241 e. The summed E-state index contributed by atoms with van der Waals surface area (Å²) < 4.78 is 40.0. The number of methoxy groups -OCH3 is 2. The molecule has 1 N–H and O–H groups in total. The van der Waals surface area contributed by atoms with Crippen LogP contribution >= 0.6 is 11.6 Å². The van der Waals surface area contributed by atoms with E-state index in [1.54, 1.807) is 51.5 Å². The Hall–Kier alpha value is -5.81. The highest BCUT2D eigenvalue weighted by Gasteiger charge is 2.67. The fourth-order valence-electron chi connectivity index (χ4n) is 9.11. The van der Waals surface area contributed by atoms with Gasteiger partial charge in [-0.15, -0.1) is 0 Å². The van der Waals surface area contributed by atoms with Crippen LogP contribution < -0.4 is 19.3 Å². The second kappa shape index (κ2) is 13.5. The molecule has 4 aliphatic rings. The molecular weight excluding hydrogens is 730 g/mol. The maximum Gasteiger partial charge on any atom is 0.241 e. The minimum absolute atomic E-state index is 0.0703. The number of phenols is 1.